The van der Waals surface area contributed by atoms with Crippen molar-refractivity contribution in [1.29, 1.82) is 5.26 Å². The van der Waals surface area contributed by atoms with Gasteiger partial charge < -0.3 is 4.90 Å². The van der Waals surface area contributed by atoms with Gasteiger partial charge in [0, 0.05) is 19.3 Å². The van der Waals surface area contributed by atoms with Crippen LogP contribution >= 0.6 is 0 Å². The monoisotopic (exact) mass is 176 g/mol. The van der Waals surface area contributed by atoms with Crippen LogP contribution in [0.2, 0.25) is 0 Å². The van der Waals surface area contributed by atoms with Crippen molar-refractivity contribution in [2.45, 2.75) is 19.3 Å². The first-order chi connectivity index (χ1) is 6.42. The molecule has 1 fully saturated rings. The lowest BCUT2D eigenvalue weighted by atomic mass is 10.1. The molecular weight excluding hydrogens is 164 g/mol. The van der Waals surface area contributed by atoms with Crippen molar-refractivity contribution in [1.82, 2.24) is 10.2 Å². The first-order valence-electron chi connectivity index (χ1n) is 4.60. The molecule has 1 aliphatic heterocycles. The van der Waals surface area contributed by atoms with Gasteiger partial charge in [0.25, 0.3) is 0 Å². The maximum Gasteiger partial charge on any atom is 0.168 e. The zero-order chi connectivity index (χ0) is 9.10. The van der Waals surface area contributed by atoms with Gasteiger partial charge in [-0.05, 0) is 19.3 Å². The summed E-state index contributed by atoms with van der Waals surface area (Å²) in [7, 11) is 0. The minimum absolute atomic E-state index is 0.655. The number of rotatable bonds is 1. The highest BCUT2D eigenvalue weighted by atomic mass is 15.3. The molecule has 1 aromatic rings. The molecule has 0 atom stereocenters. The van der Waals surface area contributed by atoms with E-state index >= 15 is 0 Å². The molecule has 2 heterocycles. The molecule has 13 heavy (non-hydrogen) atoms. The fraction of sp³-hybridized carbons (Fsp3) is 0.556. The first kappa shape index (κ1) is 8.11. The van der Waals surface area contributed by atoms with Crippen LogP contribution in [0.15, 0.2) is 6.20 Å². The SMILES string of the molecule is N#Cc1c[nH]nc1N1CCCCC1. The van der Waals surface area contributed by atoms with Crippen LogP contribution in [-0.4, -0.2) is 23.3 Å². The standard InChI is InChI=1S/C9H12N4/c10-6-8-7-11-12-9(8)13-4-2-1-3-5-13/h7H,1-5H2,(H,11,12). The maximum absolute atomic E-state index is 8.80. The Morgan fingerprint density at radius 1 is 1.38 bits per heavy atom. The van der Waals surface area contributed by atoms with Gasteiger partial charge in [-0.1, -0.05) is 0 Å². The van der Waals surface area contributed by atoms with Crippen molar-refractivity contribution in [3.05, 3.63) is 11.8 Å². The van der Waals surface area contributed by atoms with Crippen LogP contribution in [0.25, 0.3) is 0 Å². The number of nitriles is 1. The molecule has 1 N–H and O–H groups in total. The number of aromatic nitrogens is 2. The van der Waals surface area contributed by atoms with Gasteiger partial charge in [0.05, 0.1) is 0 Å². The third-order valence-electron chi connectivity index (χ3n) is 2.40. The van der Waals surface area contributed by atoms with Gasteiger partial charge in [-0.2, -0.15) is 10.4 Å². The lowest BCUT2D eigenvalue weighted by Gasteiger charge is -2.26. The lowest BCUT2D eigenvalue weighted by Crippen LogP contribution is -2.30. The Morgan fingerprint density at radius 2 is 2.15 bits per heavy atom. The minimum Gasteiger partial charge on any atom is -0.354 e. The predicted octanol–water partition coefficient (Wildman–Crippen LogP) is 1.27. The predicted molar refractivity (Wildman–Crippen MR) is 49.4 cm³/mol. The van der Waals surface area contributed by atoms with Gasteiger partial charge in [0.2, 0.25) is 0 Å². The summed E-state index contributed by atoms with van der Waals surface area (Å²) in [5.74, 6) is 0.821. The van der Waals surface area contributed by atoms with Crippen molar-refractivity contribution in [3.8, 4) is 6.07 Å². The van der Waals surface area contributed by atoms with Crippen molar-refractivity contribution < 1.29 is 0 Å². The first-order valence-corrected chi connectivity index (χ1v) is 4.60. The van der Waals surface area contributed by atoms with Crippen molar-refractivity contribution in [3.63, 3.8) is 0 Å². The van der Waals surface area contributed by atoms with Crippen LogP contribution in [0.3, 0.4) is 0 Å². The highest BCUT2D eigenvalue weighted by Crippen LogP contribution is 2.20. The maximum atomic E-state index is 8.80. The average molecular weight is 176 g/mol. The van der Waals surface area contributed by atoms with Crippen LogP contribution in [0.5, 0.6) is 0 Å². The summed E-state index contributed by atoms with van der Waals surface area (Å²) in [6.45, 7) is 2.05. The van der Waals surface area contributed by atoms with Crippen molar-refractivity contribution >= 4 is 5.82 Å². The third-order valence-corrected chi connectivity index (χ3v) is 2.40. The summed E-state index contributed by atoms with van der Waals surface area (Å²) in [6.07, 6.45) is 5.36. The largest absolute Gasteiger partial charge is 0.354 e. The molecule has 0 aromatic carbocycles. The highest BCUT2D eigenvalue weighted by molar-refractivity contribution is 5.52. The van der Waals surface area contributed by atoms with Crippen LogP contribution in [0.4, 0.5) is 5.82 Å². The second-order valence-electron chi connectivity index (χ2n) is 3.28. The summed E-state index contributed by atoms with van der Waals surface area (Å²) >= 11 is 0. The van der Waals surface area contributed by atoms with E-state index in [0.29, 0.717) is 5.56 Å². The fourth-order valence-corrected chi connectivity index (χ4v) is 1.71. The molecule has 0 radical (unpaired) electrons. The number of piperidine rings is 1. The number of nitrogens with zero attached hydrogens (tertiary/aromatic N) is 3. The van der Waals surface area contributed by atoms with Crippen molar-refractivity contribution in [2.75, 3.05) is 18.0 Å². The molecule has 0 unspecified atom stereocenters. The number of anilines is 1. The summed E-state index contributed by atoms with van der Waals surface area (Å²) < 4.78 is 0. The zero-order valence-corrected chi connectivity index (χ0v) is 7.45. The number of hydrogen-bond acceptors (Lipinski definition) is 3. The Labute approximate surface area is 77.2 Å². The summed E-state index contributed by atoms with van der Waals surface area (Å²) in [5, 5.41) is 15.6. The fourth-order valence-electron chi connectivity index (χ4n) is 1.71. The molecule has 0 saturated carbocycles. The number of nitrogens with one attached hydrogen (secondary N) is 1. The smallest absolute Gasteiger partial charge is 0.168 e. The van der Waals surface area contributed by atoms with Gasteiger partial charge in [0.15, 0.2) is 5.82 Å². The molecule has 0 bridgehead atoms. The van der Waals surface area contributed by atoms with E-state index < -0.39 is 0 Å². The number of aromatic amines is 1. The van der Waals surface area contributed by atoms with E-state index in [4.69, 9.17) is 5.26 Å². The molecule has 0 amide bonds. The van der Waals surface area contributed by atoms with E-state index in [-0.39, 0.29) is 0 Å². The molecule has 1 saturated heterocycles. The average Bonchev–Trinajstić information content (AvgIpc) is 2.67. The molecule has 4 nitrogen and oxygen atoms in total. The molecule has 1 aliphatic rings. The Bertz CT molecular complexity index is 317. The van der Waals surface area contributed by atoms with Crippen LogP contribution < -0.4 is 4.90 Å². The van der Waals surface area contributed by atoms with E-state index in [1.54, 1.807) is 6.20 Å². The van der Waals surface area contributed by atoms with E-state index in [1.807, 2.05) is 0 Å². The molecule has 1 aromatic heterocycles. The summed E-state index contributed by atoms with van der Waals surface area (Å²) in [6, 6.07) is 2.14. The Hall–Kier alpha value is -1.50. The Morgan fingerprint density at radius 3 is 2.85 bits per heavy atom. The second-order valence-corrected chi connectivity index (χ2v) is 3.28. The van der Waals surface area contributed by atoms with Crippen LogP contribution in [-0.2, 0) is 0 Å². The molecule has 2 rings (SSSR count). The van der Waals surface area contributed by atoms with E-state index in [0.717, 1.165) is 18.9 Å². The van der Waals surface area contributed by atoms with Gasteiger partial charge in [0.1, 0.15) is 11.6 Å². The van der Waals surface area contributed by atoms with Gasteiger partial charge in [-0.3, -0.25) is 5.10 Å². The van der Waals surface area contributed by atoms with Crippen molar-refractivity contribution in [2.24, 2.45) is 0 Å². The quantitative estimate of drug-likeness (QED) is 0.701. The minimum atomic E-state index is 0.655. The lowest BCUT2D eigenvalue weighted by molar-refractivity contribution is 0.572. The molecular formula is C9H12N4. The number of H-pyrrole nitrogens is 1. The second kappa shape index (κ2) is 3.48. The van der Waals surface area contributed by atoms with E-state index in [9.17, 15) is 0 Å². The zero-order valence-electron chi connectivity index (χ0n) is 7.45. The molecule has 0 aliphatic carbocycles. The summed E-state index contributed by atoms with van der Waals surface area (Å²) in [4.78, 5) is 2.18. The normalized spacial score (nSPS) is 17.0. The van der Waals surface area contributed by atoms with Gasteiger partial charge in [-0.25, -0.2) is 0 Å². The third kappa shape index (κ3) is 1.50. The summed E-state index contributed by atoms with van der Waals surface area (Å²) in [5.41, 5.74) is 0.655. The molecule has 68 valence electrons. The Kier molecular flexibility index (Phi) is 2.17. The van der Waals surface area contributed by atoms with Gasteiger partial charge >= 0.3 is 0 Å². The van der Waals surface area contributed by atoms with Gasteiger partial charge in [-0.15, -0.1) is 0 Å². The number of hydrogen-bond donors (Lipinski definition) is 1. The molecule has 4 heteroatoms. The van der Waals surface area contributed by atoms with E-state index in [2.05, 4.69) is 21.2 Å². The van der Waals surface area contributed by atoms with E-state index in [1.165, 1.54) is 19.3 Å². The van der Waals surface area contributed by atoms with Crippen LogP contribution in [0, 0.1) is 11.3 Å². The topological polar surface area (TPSA) is 55.7 Å². The van der Waals surface area contributed by atoms with Crippen LogP contribution in [0.1, 0.15) is 24.8 Å². The molecule has 0 spiro atoms. The Balaban J connectivity index is 2.19. The highest BCUT2D eigenvalue weighted by Gasteiger charge is 2.16.